The summed E-state index contributed by atoms with van der Waals surface area (Å²) in [7, 11) is 0. The number of hydrogen-bond donors (Lipinski definition) is 1. The number of amides is 2. The van der Waals surface area contributed by atoms with Crippen LogP contribution >= 0.6 is 11.6 Å². The average molecular weight is 378 g/mol. The Morgan fingerprint density at radius 2 is 1.92 bits per heavy atom. The maximum atomic E-state index is 12.4. The minimum absolute atomic E-state index is 0.0601. The fraction of sp³-hybridized carbons (Fsp3) is 0.312. The Kier molecular flexibility index (Phi) is 6.14. The number of nitrogens with one attached hydrogen (secondary N) is 1. The molecule has 0 saturated carbocycles. The monoisotopic (exact) mass is 377 g/mol. The highest BCUT2D eigenvalue weighted by Crippen LogP contribution is 2.26. The van der Waals surface area contributed by atoms with E-state index in [4.69, 9.17) is 11.6 Å². The molecule has 1 heterocycles. The van der Waals surface area contributed by atoms with Gasteiger partial charge in [-0.15, -0.1) is 0 Å². The van der Waals surface area contributed by atoms with Gasteiger partial charge in [0, 0.05) is 51.4 Å². The number of halogens is 1. The van der Waals surface area contributed by atoms with Gasteiger partial charge in [0.1, 0.15) is 11.6 Å². The molecule has 0 unspecified atom stereocenters. The molecule has 10 heteroatoms. The second-order valence-corrected chi connectivity index (χ2v) is 5.94. The average Bonchev–Trinajstić information content (AvgIpc) is 2.63. The zero-order valence-corrected chi connectivity index (χ0v) is 14.7. The van der Waals surface area contributed by atoms with Crippen molar-refractivity contribution in [2.24, 2.45) is 0 Å². The van der Waals surface area contributed by atoms with Gasteiger partial charge in [-0.2, -0.15) is 5.26 Å². The third-order valence-corrected chi connectivity index (χ3v) is 4.23. The number of hydrogen-bond acceptors (Lipinski definition) is 6. The Morgan fingerprint density at radius 3 is 2.46 bits per heavy atom. The van der Waals surface area contributed by atoms with Gasteiger partial charge >= 0.3 is 0 Å². The summed E-state index contributed by atoms with van der Waals surface area (Å²) in [4.78, 5) is 37.1. The van der Waals surface area contributed by atoms with Gasteiger partial charge in [-0.1, -0.05) is 11.6 Å². The molecule has 2 rings (SSSR count). The Bertz CT molecular complexity index is 809. The lowest BCUT2D eigenvalue weighted by Crippen LogP contribution is -2.50. The van der Waals surface area contributed by atoms with E-state index >= 15 is 0 Å². The van der Waals surface area contributed by atoms with Crippen LogP contribution in [-0.4, -0.2) is 52.7 Å². The Morgan fingerprint density at radius 1 is 1.31 bits per heavy atom. The number of nitrogens with zero attached hydrogens (tertiary/aromatic N) is 4. The second kappa shape index (κ2) is 8.31. The summed E-state index contributed by atoms with van der Waals surface area (Å²) >= 11 is 5.97. The van der Waals surface area contributed by atoms with Crippen LogP contribution < -0.4 is 5.32 Å². The van der Waals surface area contributed by atoms with Crippen LogP contribution in [-0.2, 0) is 9.59 Å². The molecule has 2 amide bonds. The smallest absolute Gasteiger partial charge is 0.271 e. The van der Waals surface area contributed by atoms with E-state index in [1.807, 2.05) is 6.07 Å². The van der Waals surface area contributed by atoms with Gasteiger partial charge in [0.15, 0.2) is 0 Å². The van der Waals surface area contributed by atoms with Crippen molar-refractivity contribution in [1.82, 2.24) is 9.80 Å². The highest BCUT2D eigenvalue weighted by Gasteiger charge is 2.24. The molecule has 1 aliphatic rings. The number of nitro groups is 1. The zero-order valence-electron chi connectivity index (χ0n) is 13.9. The van der Waals surface area contributed by atoms with Crippen LogP contribution in [0.3, 0.4) is 0 Å². The number of anilines is 1. The fourth-order valence-electron chi connectivity index (χ4n) is 2.42. The zero-order chi connectivity index (χ0) is 19.3. The molecule has 1 saturated heterocycles. The van der Waals surface area contributed by atoms with Crippen LogP contribution in [0.15, 0.2) is 30.0 Å². The van der Waals surface area contributed by atoms with Crippen molar-refractivity contribution in [3.63, 3.8) is 0 Å². The van der Waals surface area contributed by atoms with Crippen molar-refractivity contribution in [3.8, 4) is 6.07 Å². The summed E-state index contributed by atoms with van der Waals surface area (Å²) in [5, 5.41) is 23.0. The van der Waals surface area contributed by atoms with Crippen LogP contribution in [0.4, 0.5) is 11.4 Å². The lowest BCUT2D eigenvalue weighted by Gasteiger charge is -2.34. The quantitative estimate of drug-likeness (QED) is 0.369. The molecule has 0 spiro atoms. The Labute approximate surface area is 154 Å². The van der Waals surface area contributed by atoms with Gasteiger partial charge in [0.2, 0.25) is 5.91 Å². The second-order valence-electron chi connectivity index (χ2n) is 5.53. The summed E-state index contributed by atoms with van der Waals surface area (Å²) in [5.74, 6) is -0.542. The SMILES string of the molecule is CC(=O)N1CCN(C(=O)/C(C#N)=C\Nc2cc([N+](=O)[O-])ccc2Cl)CC1. The highest BCUT2D eigenvalue weighted by atomic mass is 35.5. The highest BCUT2D eigenvalue weighted by molar-refractivity contribution is 6.33. The number of benzene rings is 1. The van der Waals surface area contributed by atoms with E-state index in [1.54, 1.807) is 4.90 Å². The summed E-state index contributed by atoms with van der Waals surface area (Å²) in [6.07, 6.45) is 1.17. The van der Waals surface area contributed by atoms with Gasteiger partial charge in [-0.25, -0.2) is 0 Å². The van der Waals surface area contributed by atoms with Crippen molar-refractivity contribution in [2.45, 2.75) is 6.92 Å². The number of rotatable bonds is 4. The molecule has 136 valence electrons. The molecule has 9 nitrogen and oxygen atoms in total. The van der Waals surface area contributed by atoms with E-state index in [2.05, 4.69) is 5.32 Å². The molecule has 0 bridgehead atoms. The number of non-ortho nitro benzene ring substituents is 1. The van der Waals surface area contributed by atoms with Gasteiger partial charge in [-0.05, 0) is 6.07 Å². The Hall–Kier alpha value is -3.12. The van der Waals surface area contributed by atoms with Crippen molar-refractivity contribution >= 4 is 34.8 Å². The van der Waals surface area contributed by atoms with E-state index in [1.165, 1.54) is 36.2 Å². The van der Waals surface area contributed by atoms with Gasteiger partial charge in [-0.3, -0.25) is 19.7 Å². The third-order valence-electron chi connectivity index (χ3n) is 3.90. The first-order valence-electron chi connectivity index (χ1n) is 7.69. The van der Waals surface area contributed by atoms with Crippen LogP contribution in [0.2, 0.25) is 5.02 Å². The van der Waals surface area contributed by atoms with E-state index in [0.29, 0.717) is 26.2 Å². The molecule has 1 aromatic rings. The molecule has 26 heavy (non-hydrogen) atoms. The summed E-state index contributed by atoms with van der Waals surface area (Å²) in [6, 6.07) is 5.63. The number of piperazine rings is 1. The first-order chi connectivity index (χ1) is 12.3. The molecule has 0 atom stereocenters. The summed E-state index contributed by atoms with van der Waals surface area (Å²) < 4.78 is 0. The van der Waals surface area contributed by atoms with Crippen LogP contribution in [0.1, 0.15) is 6.92 Å². The van der Waals surface area contributed by atoms with Gasteiger partial charge in [0.05, 0.1) is 15.6 Å². The first-order valence-corrected chi connectivity index (χ1v) is 8.07. The van der Waals surface area contributed by atoms with Gasteiger partial charge in [0.25, 0.3) is 11.6 Å². The number of nitriles is 1. The van der Waals surface area contributed by atoms with E-state index in [-0.39, 0.29) is 27.9 Å². The van der Waals surface area contributed by atoms with Crippen LogP contribution in [0, 0.1) is 21.4 Å². The molecule has 1 N–H and O–H groups in total. The minimum atomic E-state index is -0.573. The Balaban J connectivity index is 2.10. The molecule has 0 aromatic heterocycles. The fourth-order valence-corrected chi connectivity index (χ4v) is 2.60. The predicted molar refractivity (Wildman–Crippen MR) is 94.3 cm³/mol. The minimum Gasteiger partial charge on any atom is -0.359 e. The third kappa shape index (κ3) is 4.49. The molecule has 0 aliphatic carbocycles. The van der Waals surface area contributed by atoms with Crippen molar-refractivity contribution in [2.75, 3.05) is 31.5 Å². The number of nitro benzene ring substituents is 1. The lowest BCUT2D eigenvalue weighted by atomic mass is 10.2. The standard InChI is InChI=1S/C16H16ClN5O4/c1-11(23)20-4-6-21(7-5-20)16(24)12(9-18)10-19-15-8-13(22(25)26)2-3-14(15)17/h2-3,8,10,19H,4-7H2,1H3/b12-10-. The topological polar surface area (TPSA) is 120 Å². The van der Waals surface area contributed by atoms with Gasteiger partial charge < -0.3 is 15.1 Å². The first kappa shape index (κ1) is 19.2. The normalized spacial score (nSPS) is 14.6. The van der Waals surface area contributed by atoms with Crippen molar-refractivity contribution in [1.29, 1.82) is 5.26 Å². The van der Waals surface area contributed by atoms with E-state index < -0.39 is 10.8 Å². The molecule has 1 aliphatic heterocycles. The van der Waals surface area contributed by atoms with Crippen molar-refractivity contribution < 1.29 is 14.5 Å². The summed E-state index contributed by atoms with van der Waals surface area (Å²) in [5.41, 5.74) is -0.123. The van der Waals surface area contributed by atoms with E-state index in [9.17, 15) is 25.0 Å². The number of carbonyl (C=O) groups excluding carboxylic acids is 2. The molecule has 1 aromatic carbocycles. The van der Waals surface area contributed by atoms with E-state index in [0.717, 1.165) is 0 Å². The molecule has 1 fully saturated rings. The maximum absolute atomic E-state index is 12.4. The summed E-state index contributed by atoms with van der Waals surface area (Å²) in [6.45, 7) is 2.93. The molecule has 0 radical (unpaired) electrons. The van der Waals surface area contributed by atoms with Crippen LogP contribution in [0.25, 0.3) is 0 Å². The predicted octanol–water partition coefficient (Wildman–Crippen LogP) is 1.76. The maximum Gasteiger partial charge on any atom is 0.271 e. The number of carbonyl (C=O) groups is 2. The molecular formula is C16H16ClN5O4. The van der Waals surface area contributed by atoms with Crippen molar-refractivity contribution in [3.05, 3.63) is 45.1 Å². The lowest BCUT2D eigenvalue weighted by molar-refractivity contribution is -0.384. The molecular weight excluding hydrogens is 362 g/mol. The van der Waals surface area contributed by atoms with Crippen LogP contribution in [0.5, 0.6) is 0 Å². The largest absolute Gasteiger partial charge is 0.359 e.